The number of nitrogens with zero attached hydrogens (tertiary/aromatic N) is 1. The van der Waals surface area contributed by atoms with Gasteiger partial charge in [-0.25, -0.2) is 0 Å². The van der Waals surface area contributed by atoms with E-state index < -0.39 is 6.04 Å². The first-order chi connectivity index (χ1) is 14.4. The molecule has 1 aliphatic rings. The summed E-state index contributed by atoms with van der Waals surface area (Å²) < 4.78 is 16.4. The van der Waals surface area contributed by atoms with Gasteiger partial charge in [-0.3, -0.25) is 4.79 Å². The second-order valence-electron chi connectivity index (χ2n) is 8.02. The number of ether oxygens (including phenoxy) is 3. The first-order valence-corrected chi connectivity index (χ1v) is 10.2. The Morgan fingerprint density at radius 2 is 1.90 bits per heavy atom. The molecule has 0 heterocycles. The zero-order valence-corrected chi connectivity index (χ0v) is 18.5. The summed E-state index contributed by atoms with van der Waals surface area (Å²) in [5.74, 6) is 1.50. The molecule has 30 heavy (non-hydrogen) atoms. The Morgan fingerprint density at radius 3 is 2.53 bits per heavy atom. The predicted octanol–water partition coefficient (Wildman–Crippen LogP) is 2.89. The molecule has 2 N–H and O–H groups in total. The van der Waals surface area contributed by atoms with Crippen molar-refractivity contribution in [2.24, 2.45) is 5.73 Å². The van der Waals surface area contributed by atoms with Crippen molar-refractivity contribution in [1.29, 1.82) is 0 Å². The number of methoxy groups -OCH3 is 3. The summed E-state index contributed by atoms with van der Waals surface area (Å²) in [6.07, 6.45) is 2.35. The summed E-state index contributed by atoms with van der Waals surface area (Å²) in [4.78, 5) is 13.9. The minimum absolute atomic E-state index is 0.168. The maximum absolute atomic E-state index is 11.8. The van der Waals surface area contributed by atoms with Crippen LogP contribution in [0.2, 0.25) is 0 Å². The van der Waals surface area contributed by atoms with Crippen LogP contribution in [0.25, 0.3) is 0 Å². The van der Waals surface area contributed by atoms with Crippen molar-refractivity contribution < 1.29 is 19.0 Å². The van der Waals surface area contributed by atoms with Crippen molar-refractivity contribution >= 4 is 5.97 Å². The summed E-state index contributed by atoms with van der Waals surface area (Å²) in [5, 5.41) is 0. The lowest BCUT2D eigenvalue weighted by atomic mass is 9.88. The molecule has 6 nitrogen and oxygen atoms in total. The van der Waals surface area contributed by atoms with Crippen LogP contribution in [-0.2, 0) is 28.9 Å². The molecule has 0 amide bonds. The molecule has 6 heteroatoms. The van der Waals surface area contributed by atoms with Gasteiger partial charge in [-0.2, -0.15) is 0 Å². The summed E-state index contributed by atoms with van der Waals surface area (Å²) in [6.45, 7) is 0.785. The Balaban J connectivity index is 2.05. The maximum atomic E-state index is 11.8. The van der Waals surface area contributed by atoms with Crippen molar-refractivity contribution in [3.63, 3.8) is 0 Å². The van der Waals surface area contributed by atoms with Gasteiger partial charge in [0.2, 0.25) is 0 Å². The van der Waals surface area contributed by atoms with Crippen molar-refractivity contribution in [2.45, 2.75) is 37.8 Å². The van der Waals surface area contributed by atoms with Gasteiger partial charge in [0.1, 0.15) is 17.5 Å². The van der Waals surface area contributed by atoms with Crippen molar-refractivity contribution in [3.05, 3.63) is 58.1 Å². The van der Waals surface area contributed by atoms with Crippen LogP contribution in [0.3, 0.4) is 0 Å². The molecule has 0 spiro atoms. The average molecular weight is 413 g/mol. The molecule has 0 radical (unpaired) electrons. The van der Waals surface area contributed by atoms with E-state index >= 15 is 0 Å². The zero-order valence-electron chi connectivity index (χ0n) is 18.5. The lowest BCUT2D eigenvalue weighted by molar-refractivity contribution is -0.142. The molecule has 1 aliphatic carbocycles. The fraction of sp³-hybridized carbons (Fsp3) is 0.458. The van der Waals surface area contributed by atoms with Gasteiger partial charge in [-0.05, 0) is 56.1 Å². The molecule has 0 unspecified atom stereocenters. The van der Waals surface area contributed by atoms with Crippen molar-refractivity contribution in [2.75, 3.05) is 35.4 Å². The zero-order chi connectivity index (χ0) is 21.8. The highest BCUT2D eigenvalue weighted by Gasteiger charge is 2.32. The maximum Gasteiger partial charge on any atom is 0.322 e. The average Bonchev–Trinajstić information content (AvgIpc) is 3.17. The minimum Gasteiger partial charge on any atom is -0.496 e. The normalized spacial score (nSPS) is 16.3. The van der Waals surface area contributed by atoms with Crippen molar-refractivity contribution in [3.8, 4) is 11.5 Å². The molecule has 0 aromatic heterocycles. The molecule has 0 saturated heterocycles. The van der Waals surface area contributed by atoms with Crippen LogP contribution in [0.1, 0.15) is 40.2 Å². The lowest BCUT2D eigenvalue weighted by Gasteiger charge is -2.23. The number of hydrogen-bond acceptors (Lipinski definition) is 6. The number of carbonyl (C=O) groups excluding carboxylic acids is 1. The SMILES string of the molecule is COC(=O)[C@@H](N)Cc1cccc2c1CC[C@H]2c1c(OC)ccc(CN(C)C)c1OC. The Morgan fingerprint density at radius 1 is 1.13 bits per heavy atom. The standard InChI is InChI=1S/C24H32N2O4/c1-26(2)14-16-9-12-21(28-3)22(23(16)29-4)19-11-10-17-15(7-6-8-18(17)19)13-20(25)24(27)30-5/h6-9,12,19-20H,10-11,13-14,25H2,1-5H3/t19-,20+/m1/s1. The van der Waals surface area contributed by atoms with E-state index in [1.165, 1.54) is 18.2 Å². The molecule has 0 saturated carbocycles. The molecule has 0 aliphatic heterocycles. The van der Waals surface area contributed by atoms with Crippen LogP contribution in [0.5, 0.6) is 11.5 Å². The van der Waals surface area contributed by atoms with Gasteiger partial charge < -0.3 is 24.8 Å². The van der Waals surface area contributed by atoms with Crippen LogP contribution in [0, 0.1) is 0 Å². The number of nitrogens with two attached hydrogens (primary N) is 1. The van der Waals surface area contributed by atoms with E-state index in [2.05, 4.69) is 23.1 Å². The minimum atomic E-state index is -0.659. The van der Waals surface area contributed by atoms with E-state index in [-0.39, 0.29) is 11.9 Å². The molecule has 0 bridgehead atoms. The van der Waals surface area contributed by atoms with Crippen LogP contribution in [0.4, 0.5) is 0 Å². The van der Waals surface area contributed by atoms with Gasteiger partial charge in [0, 0.05) is 23.6 Å². The molecule has 0 fully saturated rings. The Hall–Kier alpha value is -2.57. The summed E-state index contributed by atoms with van der Waals surface area (Å²) in [6, 6.07) is 9.71. The van der Waals surface area contributed by atoms with E-state index in [1.54, 1.807) is 14.2 Å². The topological polar surface area (TPSA) is 74.0 Å². The van der Waals surface area contributed by atoms with Gasteiger partial charge in [0.05, 0.1) is 21.3 Å². The van der Waals surface area contributed by atoms with E-state index in [4.69, 9.17) is 19.9 Å². The molecule has 162 valence electrons. The third-order valence-corrected chi connectivity index (χ3v) is 5.81. The second kappa shape index (κ2) is 9.49. The van der Waals surface area contributed by atoms with Gasteiger partial charge in [-0.15, -0.1) is 0 Å². The first-order valence-electron chi connectivity index (χ1n) is 10.2. The molecule has 2 aromatic carbocycles. The summed E-state index contributed by atoms with van der Waals surface area (Å²) in [5.41, 5.74) is 11.9. The smallest absolute Gasteiger partial charge is 0.322 e. The lowest BCUT2D eigenvalue weighted by Crippen LogP contribution is -2.33. The fourth-order valence-electron chi connectivity index (χ4n) is 4.53. The van der Waals surface area contributed by atoms with Gasteiger partial charge >= 0.3 is 5.97 Å². The number of carbonyl (C=O) groups is 1. The number of hydrogen-bond donors (Lipinski definition) is 1. The molecule has 2 atom stereocenters. The monoisotopic (exact) mass is 412 g/mol. The third kappa shape index (κ3) is 4.30. The fourth-order valence-corrected chi connectivity index (χ4v) is 4.53. The number of rotatable bonds is 8. The number of esters is 1. The number of benzene rings is 2. The van der Waals surface area contributed by atoms with E-state index in [1.807, 2.05) is 26.2 Å². The summed E-state index contributed by atoms with van der Waals surface area (Å²) >= 11 is 0. The van der Waals surface area contributed by atoms with Crippen LogP contribution in [0.15, 0.2) is 30.3 Å². The quantitative estimate of drug-likeness (QED) is 0.672. The molecular weight excluding hydrogens is 380 g/mol. The number of fused-ring (bicyclic) bond motifs is 1. The van der Waals surface area contributed by atoms with Gasteiger partial charge in [-0.1, -0.05) is 24.3 Å². The Labute approximate surface area is 178 Å². The Kier molecular flexibility index (Phi) is 7.00. The van der Waals surface area contributed by atoms with Crippen LogP contribution < -0.4 is 15.2 Å². The highest BCUT2D eigenvalue weighted by Crippen LogP contribution is 2.48. The highest BCUT2D eigenvalue weighted by molar-refractivity contribution is 5.75. The van der Waals surface area contributed by atoms with Crippen molar-refractivity contribution in [1.82, 2.24) is 4.90 Å². The van der Waals surface area contributed by atoms with Crippen LogP contribution in [-0.4, -0.2) is 52.3 Å². The predicted molar refractivity (Wildman–Crippen MR) is 117 cm³/mol. The van der Waals surface area contributed by atoms with E-state index in [0.717, 1.165) is 47.6 Å². The van der Waals surface area contributed by atoms with Gasteiger partial charge in [0.15, 0.2) is 0 Å². The molecule has 2 aromatic rings. The molecular formula is C24H32N2O4. The van der Waals surface area contributed by atoms with E-state index in [0.29, 0.717) is 6.42 Å². The second-order valence-corrected chi connectivity index (χ2v) is 8.02. The largest absolute Gasteiger partial charge is 0.496 e. The Bertz CT molecular complexity index is 910. The van der Waals surface area contributed by atoms with Crippen LogP contribution >= 0.6 is 0 Å². The van der Waals surface area contributed by atoms with E-state index in [9.17, 15) is 4.79 Å². The van der Waals surface area contributed by atoms with Gasteiger partial charge in [0.25, 0.3) is 0 Å². The summed E-state index contributed by atoms with van der Waals surface area (Å²) in [7, 11) is 8.88. The third-order valence-electron chi connectivity index (χ3n) is 5.81. The highest BCUT2D eigenvalue weighted by atomic mass is 16.5. The first kappa shape index (κ1) is 22.1. The molecule has 3 rings (SSSR count).